The summed E-state index contributed by atoms with van der Waals surface area (Å²) in [5, 5.41) is 10.2. The number of hydrogen-bond acceptors (Lipinski definition) is 2. The average Bonchev–Trinajstić information content (AvgIpc) is 2.70. The van der Waals surface area contributed by atoms with E-state index in [1.54, 1.807) is 11.6 Å². The van der Waals surface area contributed by atoms with E-state index in [0.29, 0.717) is 18.7 Å². The van der Waals surface area contributed by atoms with Gasteiger partial charge in [-0.2, -0.15) is 0 Å². The van der Waals surface area contributed by atoms with Crippen LogP contribution in [0.2, 0.25) is 0 Å². The Balaban J connectivity index is 2.22. The van der Waals surface area contributed by atoms with Crippen molar-refractivity contribution < 1.29 is 5.11 Å². The smallest absolute Gasteiger partial charge is 0.331 e. The molecule has 0 aliphatic heterocycles. The molecule has 0 fully saturated rings. The number of aromatic nitrogens is 2. The van der Waals surface area contributed by atoms with E-state index in [9.17, 15) is 9.90 Å². The van der Waals surface area contributed by atoms with Gasteiger partial charge in [-0.1, -0.05) is 56.5 Å². The summed E-state index contributed by atoms with van der Waals surface area (Å²) >= 11 is 0. The molecule has 1 N–H and O–H groups in total. The van der Waals surface area contributed by atoms with E-state index in [1.807, 2.05) is 30.3 Å². The van der Waals surface area contributed by atoms with Crippen LogP contribution in [0, 0.1) is 0 Å². The molecule has 0 saturated heterocycles. The van der Waals surface area contributed by atoms with Gasteiger partial charge < -0.3 is 5.11 Å². The second-order valence-electron chi connectivity index (χ2n) is 5.49. The molecular weight excluding hydrogens is 264 g/mol. The van der Waals surface area contributed by atoms with Crippen LogP contribution in [-0.2, 0) is 20.0 Å². The third-order valence-corrected chi connectivity index (χ3v) is 3.87. The second kappa shape index (κ2) is 7.16. The minimum absolute atomic E-state index is 0.0827. The summed E-state index contributed by atoms with van der Waals surface area (Å²) in [6.45, 7) is 2.84. The molecule has 0 bridgehead atoms. The maximum Gasteiger partial charge on any atom is 0.331 e. The number of imidazole rings is 1. The van der Waals surface area contributed by atoms with Crippen LogP contribution in [0.5, 0.6) is 5.88 Å². The average molecular weight is 288 g/mol. The van der Waals surface area contributed by atoms with Crippen LogP contribution < -0.4 is 5.69 Å². The maximum atomic E-state index is 12.2. The van der Waals surface area contributed by atoms with Crippen LogP contribution in [0.3, 0.4) is 0 Å². The van der Waals surface area contributed by atoms with Gasteiger partial charge in [-0.3, -0.25) is 9.13 Å². The molecule has 0 radical (unpaired) electrons. The number of rotatable bonds is 7. The largest absolute Gasteiger partial charge is 0.493 e. The van der Waals surface area contributed by atoms with Crippen molar-refractivity contribution in [2.45, 2.75) is 45.6 Å². The molecule has 0 amide bonds. The van der Waals surface area contributed by atoms with Crippen molar-refractivity contribution in [2.24, 2.45) is 7.05 Å². The van der Waals surface area contributed by atoms with Gasteiger partial charge in [0, 0.05) is 20.0 Å². The van der Waals surface area contributed by atoms with E-state index in [4.69, 9.17) is 0 Å². The quantitative estimate of drug-likeness (QED) is 0.796. The number of aromatic hydroxyl groups is 1. The molecule has 0 aliphatic carbocycles. The van der Waals surface area contributed by atoms with E-state index < -0.39 is 0 Å². The number of nitrogens with zero attached hydrogens (tertiary/aromatic N) is 2. The normalized spacial score (nSPS) is 11.0. The zero-order chi connectivity index (χ0) is 15.2. The highest BCUT2D eigenvalue weighted by Crippen LogP contribution is 2.19. The maximum absolute atomic E-state index is 12.2. The number of unbranched alkanes of at least 4 members (excludes halogenated alkanes) is 3. The standard InChI is InChI=1S/C17H24N2O2/c1-3-4-5-9-12-19-15(16(20)18(2)17(19)21)13-14-10-7-6-8-11-14/h6-8,10-11,20H,3-5,9,12-13H2,1-2H3. The van der Waals surface area contributed by atoms with Crippen molar-refractivity contribution in [1.82, 2.24) is 9.13 Å². The minimum Gasteiger partial charge on any atom is -0.493 e. The van der Waals surface area contributed by atoms with E-state index >= 15 is 0 Å². The van der Waals surface area contributed by atoms with E-state index in [0.717, 1.165) is 18.4 Å². The van der Waals surface area contributed by atoms with Crippen LogP contribution >= 0.6 is 0 Å². The van der Waals surface area contributed by atoms with Gasteiger partial charge in [0.25, 0.3) is 0 Å². The Kier molecular flexibility index (Phi) is 5.26. The molecule has 2 aromatic rings. The Morgan fingerprint density at radius 2 is 1.81 bits per heavy atom. The first-order valence-corrected chi connectivity index (χ1v) is 7.66. The molecule has 4 heteroatoms. The molecule has 21 heavy (non-hydrogen) atoms. The molecule has 2 rings (SSSR count). The molecule has 0 spiro atoms. The Morgan fingerprint density at radius 3 is 2.48 bits per heavy atom. The van der Waals surface area contributed by atoms with Crippen LogP contribution in [0.4, 0.5) is 0 Å². The molecule has 1 aromatic carbocycles. The molecule has 1 heterocycles. The zero-order valence-corrected chi connectivity index (χ0v) is 12.9. The molecular formula is C17H24N2O2. The third kappa shape index (κ3) is 3.57. The van der Waals surface area contributed by atoms with E-state index in [2.05, 4.69) is 6.92 Å². The zero-order valence-electron chi connectivity index (χ0n) is 12.9. The topological polar surface area (TPSA) is 47.2 Å². The SMILES string of the molecule is CCCCCCn1c(Cc2ccccc2)c(O)n(C)c1=O. The van der Waals surface area contributed by atoms with Gasteiger partial charge >= 0.3 is 5.69 Å². The first-order chi connectivity index (χ1) is 10.1. The highest BCUT2D eigenvalue weighted by Gasteiger charge is 2.16. The summed E-state index contributed by atoms with van der Waals surface area (Å²) in [4.78, 5) is 12.2. The van der Waals surface area contributed by atoms with E-state index in [1.165, 1.54) is 17.4 Å². The van der Waals surface area contributed by atoms with Crippen LogP contribution in [0.1, 0.15) is 43.9 Å². The predicted molar refractivity (Wildman–Crippen MR) is 84.7 cm³/mol. The minimum atomic E-state index is -0.130. The molecule has 1 aromatic heterocycles. The fraction of sp³-hybridized carbons (Fsp3) is 0.471. The lowest BCUT2D eigenvalue weighted by Gasteiger charge is -2.07. The summed E-state index contributed by atoms with van der Waals surface area (Å²) in [7, 11) is 1.62. The first-order valence-electron chi connectivity index (χ1n) is 7.66. The van der Waals surface area contributed by atoms with Gasteiger partial charge in [0.2, 0.25) is 5.88 Å². The van der Waals surface area contributed by atoms with Crippen molar-refractivity contribution in [3.8, 4) is 5.88 Å². The van der Waals surface area contributed by atoms with Crippen molar-refractivity contribution in [2.75, 3.05) is 0 Å². The Labute approximate surface area is 125 Å². The summed E-state index contributed by atoms with van der Waals surface area (Å²) in [6, 6.07) is 9.93. The predicted octanol–water partition coefficient (Wildman–Crippen LogP) is 3.06. The Hall–Kier alpha value is -1.97. The lowest BCUT2D eigenvalue weighted by atomic mass is 10.1. The van der Waals surface area contributed by atoms with Gasteiger partial charge in [-0.05, 0) is 12.0 Å². The highest BCUT2D eigenvalue weighted by molar-refractivity contribution is 5.28. The Morgan fingerprint density at radius 1 is 1.10 bits per heavy atom. The summed E-state index contributed by atoms with van der Waals surface area (Å²) < 4.78 is 3.05. The van der Waals surface area contributed by atoms with Crippen molar-refractivity contribution in [3.05, 3.63) is 52.1 Å². The van der Waals surface area contributed by atoms with E-state index in [-0.39, 0.29) is 11.6 Å². The summed E-state index contributed by atoms with van der Waals surface area (Å²) in [6.07, 6.45) is 5.02. The van der Waals surface area contributed by atoms with Crippen molar-refractivity contribution >= 4 is 0 Å². The lowest BCUT2D eigenvalue weighted by molar-refractivity contribution is 0.424. The number of benzene rings is 1. The fourth-order valence-electron chi connectivity index (χ4n) is 2.59. The van der Waals surface area contributed by atoms with Crippen molar-refractivity contribution in [3.63, 3.8) is 0 Å². The number of hydrogen-bond donors (Lipinski definition) is 1. The van der Waals surface area contributed by atoms with Crippen LogP contribution in [-0.4, -0.2) is 14.2 Å². The Bertz CT molecular complexity index is 626. The summed E-state index contributed by atoms with van der Waals surface area (Å²) in [5.41, 5.74) is 1.68. The van der Waals surface area contributed by atoms with Gasteiger partial charge in [-0.15, -0.1) is 0 Å². The summed E-state index contributed by atoms with van der Waals surface area (Å²) in [5.74, 6) is 0.0827. The molecule has 0 aliphatic rings. The second-order valence-corrected chi connectivity index (χ2v) is 5.49. The molecule has 0 saturated carbocycles. The molecule has 4 nitrogen and oxygen atoms in total. The first kappa shape index (κ1) is 15.4. The third-order valence-electron chi connectivity index (χ3n) is 3.87. The lowest BCUT2D eigenvalue weighted by Crippen LogP contribution is -2.23. The molecule has 0 atom stereocenters. The van der Waals surface area contributed by atoms with Crippen LogP contribution in [0.25, 0.3) is 0 Å². The monoisotopic (exact) mass is 288 g/mol. The van der Waals surface area contributed by atoms with Gasteiger partial charge in [-0.25, -0.2) is 4.79 Å². The van der Waals surface area contributed by atoms with Crippen molar-refractivity contribution in [1.29, 1.82) is 0 Å². The highest BCUT2D eigenvalue weighted by atomic mass is 16.3. The fourth-order valence-corrected chi connectivity index (χ4v) is 2.59. The van der Waals surface area contributed by atoms with Gasteiger partial charge in [0.15, 0.2) is 0 Å². The molecule has 0 unspecified atom stereocenters. The molecule has 114 valence electrons. The van der Waals surface area contributed by atoms with Crippen LogP contribution in [0.15, 0.2) is 35.1 Å². The van der Waals surface area contributed by atoms with Gasteiger partial charge in [0.1, 0.15) is 0 Å². The van der Waals surface area contributed by atoms with Gasteiger partial charge in [0.05, 0.1) is 5.69 Å².